The van der Waals surface area contributed by atoms with E-state index in [4.69, 9.17) is 35.3 Å². The zero-order valence-corrected chi connectivity index (χ0v) is 30.4. The zero-order chi connectivity index (χ0) is 36.4. The van der Waals surface area contributed by atoms with Gasteiger partial charge in [-0.3, -0.25) is 4.90 Å². The number of terminal acetylenes is 1. The maximum Gasteiger partial charge on any atom is 0.319 e. The van der Waals surface area contributed by atoms with Crippen LogP contribution in [0.15, 0.2) is 24.3 Å². The molecular weight excluding hydrogens is 680 g/mol. The molecule has 53 heavy (non-hydrogen) atoms. The molecule has 1 aliphatic carbocycles. The van der Waals surface area contributed by atoms with Gasteiger partial charge in [0.1, 0.15) is 34.0 Å². The minimum Gasteiger partial charge on any atom is -0.508 e. The van der Waals surface area contributed by atoms with Crippen molar-refractivity contribution in [1.29, 1.82) is 0 Å². The van der Waals surface area contributed by atoms with E-state index in [1.807, 2.05) is 0 Å². The van der Waals surface area contributed by atoms with Gasteiger partial charge in [0.25, 0.3) is 0 Å². The third-order valence-electron chi connectivity index (χ3n) is 12.7. The molecule has 1 saturated carbocycles. The van der Waals surface area contributed by atoms with Crippen molar-refractivity contribution in [3.8, 4) is 24.1 Å². The van der Waals surface area contributed by atoms with Crippen LogP contribution in [0.2, 0.25) is 0 Å². The smallest absolute Gasteiger partial charge is 0.319 e. The lowest BCUT2D eigenvalue weighted by molar-refractivity contribution is -0.0701. The van der Waals surface area contributed by atoms with Crippen molar-refractivity contribution < 1.29 is 32.8 Å². The number of methoxy groups -OCH3 is 1. The third kappa shape index (κ3) is 5.96. The standard InChI is InChI=1S/C41H47F2N5O5/c1-4-29-31(42)9-8-25-17-27(49)18-30(33(25)29)36-35(43)37-34(39(44-36)50-3)38(47-19-24-16-28(20-47)52-21-24)46-40(45-37)53-22-41-11-5-7-32(41)48(13-6-12-41)26-10-14-51-23(2)15-26/h1,8-9,17-18,23-24,26,28,32,36,44,49H,5-7,10-16,19-22H2,2-3H3/t23-,24?,26?,28?,32+,36?,41+/m0/s1. The molecule has 9 rings (SSSR count). The number of aromatic nitrogens is 2. The van der Waals surface area contributed by atoms with Crippen LogP contribution in [0.5, 0.6) is 11.8 Å². The highest BCUT2D eigenvalue weighted by molar-refractivity contribution is 5.94. The van der Waals surface area contributed by atoms with Crippen molar-refractivity contribution in [2.75, 3.05) is 51.5 Å². The SMILES string of the molecule is C#Cc1c(F)ccc2cc(O)cc(C3NC(OC)=c4c(N5CC6COC(C6)C5)nc(OC[C@]56CCC[C@H]5N(C5CCO[C@@H](C)C5)CCC6)nc4=C3F)c12. The molecule has 1 aromatic heterocycles. The van der Waals surface area contributed by atoms with Crippen LogP contribution in [-0.2, 0) is 14.2 Å². The quantitative estimate of drug-likeness (QED) is 0.341. The first-order valence-electron chi connectivity index (χ1n) is 19.2. The van der Waals surface area contributed by atoms with E-state index in [-0.39, 0.29) is 51.7 Å². The van der Waals surface area contributed by atoms with E-state index >= 15 is 8.78 Å². The molecule has 4 unspecified atom stereocenters. The molecule has 0 radical (unpaired) electrons. The molecular formula is C41H47F2N5O5. The van der Waals surface area contributed by atoms with Crippen molar-refractivity contribution in [3.63, 3.8) is 0 Å². The maximum atomic E-state index is 17.4. The molecule has 10 nitrogen and oxygen atoms in total. The predicted molar refractivity (Wildman–Crippen MR) is 196 cm³/mol. The van der Waals surface area contributed by atoms with Crippen molar-refractivity contribution >= 4 is 28.3 Å². The molecule has 5 aliphatic heterocycles. The van der Waals surface area contributed by atoms with E-state index in [0.29, 0.717) is 66.1 Å². The summed E-state index contributed by atoms with van der Waals surface area (Å²) in [5, 5.41) is 15.2. The first-order chi connectivity index (χ1) is 25.7. The number of phenolic OH excluding ortho intramolecular Hbond substituents is 1. The number of fused-ring (bicyclic) bond motifs is 5. The summed E-state index contributed by atoms with van der Waals surface area (Å²) in [6.45, 7) is 6.44. The monoisotopic (exact) mass is 727 g/mol. The summed E-state index contributed by atoms with van der Waals surface area (Å²) >= 11 is 0. The summed E-state index contributed by atoms with van der Waals surface area (Å²) in [4.78, 5) is 14.7. The number of nitrogens with zero attached hydrogens (tertiary/aromatic N) is 4. The zero-order valence-electron chi connectivity index (χ0n) is 30.4. The first kappa shape index (κ1) is 34.6. The number of likely N-dealkylation sites (tertiary alicyclic amines) is 1. The molecule has 6 aliphatic rings. The van der Waals surface area contributed by atoms with E-state index < -0.39 is 17.7 Å². The predicted octanol–water partition coefficient (Wildman–Crippen LogP) is 4.40. The number of nitrogens with one attached hydrogen (secondary N) is 1. The van der Waals surface area contributed by atoms with E-state index in [1.54, 1.807) is 0 Å². The molecule has 6 heterocycles. The Kier molecular flexibility index (Phi) is 8.87. The fraction of sp³-hybridized carbons (Fsp3) is 0.561. The average molecular weight is 728 g/mol. The third-order valence-corrected chi connectivity index (χ3v) is 12.7. The van der Waals surface area contributed by atoms with Crippen LogP contribution in [-0.4, -0.2) is 90.8 Å². The molecule has 2 N–H and O–H groups in total. The molecule has 7 atom stereocenters. The average Bonchev–Trinajstić information content (AvgIpc) is 3.75. The van der Waals surface area contributed by atoms with Crippen molar-refractivity contribution in [2.45, 2.75) is 88.6 Å². The normalized spacial score (nSPS) is 31.2. The molecule has 2 bridgehead atoms. The van der Waals surface area contributed by atoms with E-state index in [2.05, 4.69) is 28.0 Å². The van der Waals surface area contributed by atoms with Crippen LogP contribution in [0, 0.1) is 29.5 Å². The highest BCUT2D eigenvalue weighted by Crippen LogP contribution is 2.49. The van der Waals surface area contributed by atoms with Gasteiger partial charge in [-0.05, 0) is 87.6 Å². The number of hydrogen-bond donors (Lipinski definition) is 2. The lowest BCUT2D eigenvalue weighted by atomic mass is 9.74. The molecule has 0 spiro atoms. The minimum absolute atomic E-state index is 0.0184. The number of aromatic hydroxyl groups is 1. The fourth-order valence-electron chi connectivity index (χ4n) is 10.4. The highest BCUT2D eigenvalue weighted by Gasteiger charge is 2.50. The second-order valence-corrected chi connectivity index (χ2v) is 15.9. The Labute approximate surface area is 308 Å². The maximum absolute atomic E-state index is 17.4. The van der Waals surface area contributed by atoms with Crippen LogP contribution >= 0.6 is 0 Å². The van der Waals surface area contributed by atoms with Gasteiger partial charge in [0, 0.05) is 48.5 Å². The second-order valence-electron chi connectivity index (χ2n) is 15.9. The number of halogens is 2. The van der Waals surface area contributed by atoms with Crippen molar-refractivity contribution in [1.82, 2.24) is 20.2 Å². The summed E-state index contributed by atoms with van der Waals surface area (Å²) in [7, 11) is 1.50. The Balaban J connectivity index is 1.15. The number of phenols is 1. The van der Waals surface area contributed by atoms with Gasteiger partial charge in [-0.2, -0.15) is 9.97 Å². The number of hydrogen-bond acceptors (Lipinski definition) is 10. The molecule has 12 heteroatoms. The Morgan fingerprint density at radius 2 is 1.98 bits per heavy atom. The van der Waals surface area contributed by atoms with Crippen LogP contribution in [0.3, 0.4) is 0 Å². The van der Waals surface area contributed by atoms with E-state index in [9.17, 15) is 5.11 Å². The fourth-order valence-corrected chi connectivity index (χ4v) is 10.4. The van der Waals surface area contributed by atoms with Gasteiger partial charge < -0.3 is 34.3 Å². The molecule has 280 valence electrons. The number of ether oxygens (including phenoxy) is 4. The van der Waals surface area contributed by atoms with E-state index in [1.165, 1.54) is 31.4 Å². The van der Waals surface area contributed by atoms with Gasteiger partial charge in [-0.15, -0.1) is 6.42 Å². The van der Waals surface area contributed by atoms with Crippen LogP contribution in [0.4, 0.5) is 14.6 Å². The molecule has 2 aromatic carbocycles. The van der Waals surface area contributed by atoms with Gasteiger partial charge in [-0.1, -0.05) is 18.4 Å². The van der Waals surface area contributed by atoms with Crippen LogP contribution in [0.1, 0.15) is 75.5 Å². The number of anilines is 1. The Morgan fingerprint density at radius 1 is 1.11 bits per heavy atom. The highest BCUT2D eigenvalue weighted by atomic mass is 19.1. The first-order valence-corrected chi connectivity index (χ1v) is 19.2. The Morgan fingerprint density at radius 3 is 2.79 bits per heavy atom. The number of rotatable bonds is 7. The van der Waals surface area contributed by atoms with Gasteiger partial charge in [-0.25, -0.2) is 8.78 Å². The van der Waals surface area contributed by atoms with Crippen molar-refractivity contribution in [3.05, 3.63) is 51.8 Å². The molecule has 4 saturated heterocycles. The summed E-state index contributed by atoms with van der Waals surface area (Å²) in [6.07, 6.45) is 14.6. The topological polar surface area (TPSA) is 101 Å². The van der Waals surface area contributed by atoms with Gasteiger partial charge in [0.05, 0.1) is 38.1 Å². The molecule has 0 amide bonds. The van der Waals surface area contributed by atoms with E-state index in [0.717, 1.165) is 64.5 Å². The lowest BCUT2D eigenvalue weighted by Gasteiger charge is -2.50. The molecule has 3 aromatic rings. The summed E-state index contributed by atoms with van der Waals surface area (Å²) < 4.78 is 57.0. The summed E-state index contributed by atoms with van der Waals surface area (Å²) in [5.74, 6) is 2.16. The van der Waals surface area contributed by atoms with Gasteiger partial charge >= 0.3 is 6.01 Å². The molecule has 5 fully saturated rings. The van der Waals surface area contributed by atoms with Crippen LogP contribution < -0.4 is 25.5 Å². The van der Waals surface area contributed by atoms with Crippen LogP contribution in [0.25, 0.3) is 22.5 Å². The van der Waals surface area contributed by atoms with Crippen molar-refractivity contribution in [2.24, 2.45) is 11.3 Å². The lowest BCUT2D eigenvalue weighted by Crippen LogP contribution is -2.57. The van der Waals surface area contributed by atoms with Gasteiger partial charge in [0.2, 0.25) is 5.88 Å². The summed E-state index contributed by atoms with van der Waals surface area (Å²) in [5.41, 5.74) is 0.189. The minimum atomic E-state index is -1.20. The largest absolute Gasteiger partial charge is 0.508 e. The second kappa shape index (κ2) is 13.6. The van der Waals surface area contributed by atoms with Gasteiger partial charge in [0.15, 0.2) is 5.83 Å². The number of benzene rings is 2. The Bertz CT molecular complexity index is 2100. The summed E-state index contributed by atoms with van der Waals surface area (Å²) in [6, 6.07) is 5.46. The Hall–Kier alpha value is -4.18. The number of piperidine rings is 2.